The van der Waals surface area contributed by atoms with Gasteiger partial charge in [0.05, 0.1) is 10.4 Å². The predicted molar refractivity (Wildman–Crippen MR) is 120 cm³/mol. The lowest BCUT2D eigenvalue weighted by Crippen LogP contribution is -2.56. The second-order valence-corrected chi connectivity index (χ2v) is 11.4. The second-order valence-electron chi connectivity index (χ2n) is 9.58. The summed E-state index contributed by atoms with van der Waals surface area (Å²) >= 11 is 0. The maximum absolute atomic E-state index is 13.6. The fourth-order valence-electron chi connectivity index (χ4n) is 5.00. The van der Waals surface area contributed by atoms with Crippen LogP contribution in [0.4, 0.5) is 0 Å². The summed E-state index contributed by atoms with van der Waals surface area (Å²) in [5.74, 6) is -0.383. The molecule has 7 nitrogen and oxygen atoms in total. The molecule has 1 unspecified atom stereocenters. The molecule has 0 aromatic heterocycles. The normalized spacial score (nSPS) is 23.4. The highest BCUT2D eigenvalue weighted by Crippen LogP contribution is 2.44. The highest BCUT2D eigenvalue weighted by atomic mass is 32.2. The third-order valence-corrected chi connectivity index (χ3v) is 8.73. The molecule has 31 heavy (non-hydrogen) atoms. The third kappa shape index (κ3) is 4.41. The van der Waals surface area contributed by atoms with E-state index in [4.69, 9.17) is 0 Å². The largest absolute Gasteiger partial charge is 0.348 e. The van der Waals surface area contributed by atoms with Crippen molar-refractivity contribution in [3.63, 3.8) is 0 Å². The van der Waals surface area contributed by atoms with Gasteiger partial charge in [0.15, 0.2) is 0 Å². The van der Waals surface area contributed by atoms with Crippen molar-refractivity contribution in [1.82, 2.24) is 14.5 Å². The fraction of sp³-hybridized carbons (Fsp3) is 0.565. The Balaban J connectivity index is 1.88. The van der Waals surface area contributed by atoms with Gasteiger partial charge in [0, 0.05) is 30.2 Å². The predicted octanol–water partition coefficient (Wildman–Crippen LogP) is 2.94. The highest BCUT2D eigenvalue weighted by Gasteiger charge is 2.57. The second kappa shape index (κ2) is 8.39. The summed E-state index contributed by atoms with van der Waals surface area (Å²) in [7, 11) is -3.87. The Hall–Kier alpha value is -2.19. The Morgan fingerprint density at radius 1 is 1.06 bits per heavy atom. The highest BCUT2D eigenvalue weighted by molar-refractivity contribution is 7.89. The van der Waals surface area contributed by atoms with Crippen LogP contribution in [0.2, 0.25) is 0 Å². The minimum atomic E-state index is -3.87. The number of nitrogens with zero attached hydrogens (tertiary/aromatic N) is 2. The zero-order valence-corrected chi connectivity index (χ0v) is 19.7. The summed E-state index contributed by atoms with van der Waals surface area (Å²) < 4.78 is 28.8. The number of benzene rings is 1. The van der Waals surface area contributed by atoms with Crippen LogP contribution in [0.25, 0.3) is 0 Å². The number of hydrogen-bond acceptors (Lipinski definition) is 4. The molecule has 1 N–H and O–H groups in total. The molecular weight excluding hydrogens is 414 g/mol. The summed E-state index contributed by atoms with van der Waals surface area (Å²) in [4.78, 5) is 26.6. The van der Waals surface area contributed by atoms with Crippen molar-refractivity contribution in [3.05, 3.63) is 42.5 Å². The molecule has 3 rings (SSSR count). The summed E-state index contributed by atoms with van der Waals surface area (Å²) in [6, 6.07) is 5.85. The van der Waals surface area contributed by atoms with Crippen molar-refractivity contribution in [1.29, 1.82) is 0 Å². The van der Waals surface area contributed by atoms with E-state index < -0.39 is 21.1 Å². The van der Waals surface area contributed by atoms with Gasteiger partial charge in [-0.25, -0.2) is 8.42 Å². The van der Waals surface area contributed by atoms with Crippen LogP contribution in [0.5, 0.6) is 0 Å². The Labute approximate surface area is 185 Å². The standard InChI is InChI=1S/C23H33N3O4S/c1-6-20(27)24-19-16-22(2,3)26(23(19,4)5)31(29,30)18-12-10-17(11-13-18)21(28)25-14-8-7-9-15-25/h6,10-13,19H,1,7-9,14-16H2,2-5H3,(H,24,27). The molecule has 2 saturated heterocycles. The molecule has 1 atom stereocenters. The monoisotopic (exact) mass is 447 g/mol. The lowest BCUT2D eigenvalue weighted by molar-refractivity contribution is -0.117. The van der Waals surface area contributed by atoms with E-state index >= 15 is 0 Å². The first kappa shape index (κ1) is 23.5. The number of likely N-dealkylation sites (tertiary alicyclic amines) is 1. The van der Waals surface area contributed by atoms with Crippen LogP contribution in [-0.2, 0) is 14.8 Å². The van der Waals surface area contributed by atoms with E-state index in [2.05, 4.69) is 11.9 Å². The lowest BCUT2D eigenvalue weighted by atomic mass is 9.94. The molecule has 0 saturated carbocycles. The van der Waals surface area contributed by atoms with E-state index in [1.807, 2.05) is 32.6 Å². The molecule has 2 aliphatic heterocycles. The van der Waals surface area contributed by atoms with Crippen LogP contribution in [-0.4, -0.2) is 59.6 Å². The molecule has 1 aromatic carbocycles. The van der Waals surface area contributed by atoms with Gasteiger partial charge in [-0.3, -0.25) is 9.59 Å². The smallest absolute Gasteiger partial charge is 0.253 e. The molecule has 1 aromatic rings. The fourth-order valence-corrected chi connectivity index (χ4v) is 7.16. The Kier molecular flexibility index (Phi) is 6.35. The lowest BCUT2D eigenvalue weighted by Gasteiger charge is -2.40. The van der Waals surface area contributed by atoms with Gasteiger partial charge in [0.25, 0.3) is 5.91 Å². The van der Waals surface area contributed by atoms with Crippen LogP contribution < -0.4 is 5.32 Å². The van der Waals surface area contributed by atoms with Crippen molar-refractivity contribution in [2.24, 2.45) is 0 Å². The first-order valence-electron chi connectivity index (χ1n) is 10.8. The van der Waals surface area contributed by atoms with Gasteiger partial charge in [-0.15, -0.1) is 0 Å². The van der Waals surface area contributed by atoms with Gasteiger partial charge >= 0.3 is 0 Å². The van der Waals surface area contributed by atoms with E-state index in [0.717, 1.165) is 32.4 Å². The van der Waals surface area contributed by atoms with Gasteiger partial charge in [0.1, 0.15) is 0 Å². The minimum absolute atomic E-state index is 0.0577. The van der Waals surface area contributed by atoms with Crippen molar-refractivity contribution in [2.45, 2.75) is 75.4 Å². The molecule has 0 spiro atoms. The number of sulfonamides is 1. The number of amides is 2. The average molecular weight is 448 g/mol. The molecule has 0 aliphatic carbocycles. The van der Waals surface area contributed by atoms with Crippen LogP contribution in [0, 0.1) is 0 Å². The summed E-state index contributed by atoms with van der Waals surface area (Å²) in [5, 5.41) is 2.88. The zero-order valence-electron chi connectivity index (χ0n) is 18.8. The third-order valence-electron chi connectivity index (χ3n) is 6.41. The van der Waals surface area contributed by atoms with E-state index in [1.54, 1.807) is 12.1 Å². The summed E-state index contributed by atoms with van der Waals surface area (Å²) in [6.45, 7) is 12.3. The maximum atomic E-state index is 13.6. The Bertz CT molecular complexity index is 961. The van der Waals surface area contributed by atoms with Crippen LogP contribution in [0.1, 0.15) is 63.7 Å². The van der Waals surface area contributed by atoms with Crippen LogP contribution in [0.3, 0.4) is 0 Å². The van der Waals surface area contributed by atoms with Crippen molar-refractivity contribution in [2.75, 3.05) is 13.1 Å². The van der Waals surface area contributed by atoms with Crippen molar-refractivity contribution < 1.29 is 18.0 Å². The van der Waals surface area contributed by atoms with Gasteiger partial charge in [-0.05, 0) is 83.7 Å². The van der Waals surface area contributed by atoms with Gasteiger partial charge in [-0.2, -0.15) is 4.31 Å². The van der Waals surface area contributed by atoms with E-state index in [9.17, 15) is 18.0 Å². The van der Waals surface area contributed by atoms with Gasteiger partial charge in [0.2, 0.25) is 15.9 Å². The molecule has 8 heteroatoms. The average Bonchev–Trinajstić information content (AvgIpc) is 2.91. The molecule has 2 fully saturated rings. The number of carbonyl (C=O) groups is 2. The van der Waals surface area contributed by atoms with E-state index in [1.165, 1.54) is 22.5 Å². The summed E-state index contributed by atoms with van der Waals surface area (Å²) in [5.41, 5.74) is -1.05. The van der Waals surface area contributed by atoms with Crippen LogP contribution >= 0.6 is 0 Å². The topological polar surface area (TPSA) is 86.8 Å². The Morgan fingerprint density at radius 2 is 1.65 bits per heavy atom. The number of rotatable bonds is 5. The molecule has 170 valence electrons. The molecule has 0 bridgehead atoms. The Morgan fingerprint density at radius 3 is 2.19 bits per heavy atom. The molecule has 2 heterocycles. The van der Waals surface area contributed by atoms with E-state index in [-0.39, 0.29) is 22.8 Å². The minimum Gasteiger partial charge on any atom is -0.348 e. The number of nitrogens with one attached hydrogen (secondary N) is 1. The number of hydrogen-bond donors (Lipinski definition) is 1. The quantitative estimate of drug-likeness (QED) is 0.703. The molecular formula is C23H33N3O4S. The van der Waals surface area contributed by atoms with Crippen molar-refractivity contribution in [3.8, 4) is 0 Å². The zero-order chi connectivity index (χ0) is 23.0. The summed E-state index contributed by atoms with van der Waals surface area (Å²) in [6.07, 6.45) is 4.81. The van der Waals surface area contributed by atoms with Gasteiger partial charge < -0.3 is 10.2 Å². The van der Waals surface area contributed by atoms with Crippen molar-refractivity contribution >= 4 is 21.8 Å². The molecule has 0 radical (unpaired) electrons. The first-order valence-corrected chi connectivity index (χ1v) is 12.2. The SMILES string of the molecule is C=CC(=O)NC1CC(C)(C)N(S(=O)(=O)c2ccc(C(=O)N3CCCCC3)cc2)C1(C)C. The first-order chi connectivity index (χ1) is 14.4. The number of carbonyl (C=O) groups excluding carboxylic acids is 2. The number of piperidine rings is 1. The molecule has 2 amide bonds. The van der Waals surface area contributed by atoms with E-state index in [0.29, 0.717) is 12.0 Å². The van der Waals surface area contributed by atoms with Crippen LogP contribution in [0.15, 0.2) is 41.8 Å². The van der Waals surface area contributed by atoms with Gasteiger partial charge in [-0.1, -0.05) is 6.58 Å². The maximum Gasteiger partial charge on any atom is 0.253 e. The molecule has 2 aliphatic rings.